The van der Waals surface area contributed by atoms with Gasteiger partial charge < -0.3 is 0 Å². The molecule has 0 unspecified atom stereocenters. The van der Waals surface area contributed by atoms with Crippen molar-refractivity contribution in [3.63, 3.8) is 0 Å². The Labute approximate surface area is 132 Å². The van der Waals surface area contributed by atoms with Gasteiger partial charge >= 0.3 is 6.18 Å². The van der Waals surface area contributed by atoms with Crippen molar-refractivity contribution >= 4 is 10.9 Å². The molecule has 0 radical (unpaired) electrons. The van der Waals surface area contributed by atoms with Crippen LogP contribution in [-0.4, -0.2) is 4.98 Å². The summed E-state index contributed by atoms with van der Waals surface area (Å²) in [6.45, 7) is 0. The lowest BCUT2D eigenvalue weighted by Gasteiger charge is -2.10. The average Bonchev–Trinajstić information content (AvgIpc) is 2.55. The maximum absolute atomic E-state index is 12.8. The maximum Gasteiger partial charge on any atom is 0.416 e. The highest BCUT2D eigenvalue weighted by molar-refractivity contribution is 5.82. The molecule has 1 aromatic heterocycles. The van der Waals surface area contributed by atoms with E-state index in [2.05, 4.69) is 17.1 Å². The molecule has 0 atom stereocenters. The highest BCUT2D eigenvalue weighted by atomic mass is 19.4. The van der Waals surface area contributed by atoms with Gasteiger partial charge in [-0.05, 0) is 48.6 Å². The molecule has 0 aliphatic carbocycles. The molecule has 0 N–H and O–H groups in total. The fourth-order valence-corrected chi connectivity index (χ4v) is 2.73. The summed E-state index contributed by atoms with van der Waals surface area (Å²) in [5.41, 5.74) is 2.06. The Balaban J connectivity index is 1.78. The molecule has 0 spiro atoms. The van der Waals surface area contributed by atoms with Crippen LogP contribution in [0, 0.1) is 0 Å². The lowest BCUT2D eigenvalue weighted by molar-refractivity contribution is -0.137. The number of halogens is 3. The zero-order valence-electron chi connectivity index (χ0n) is 12.5. The van der Waals surface area contributed by atoms with Crippen LogP contribution in [0.5, 0.6) is 0 Å². The molecule has 0 bridgehead atoms. The molecule has 2 aromatic carbocycles. The van der Waals surface area contributed by atoms with Crippen LogP contribution in [0.3, 0.4) is 0 Å². The van der Waals surface area contributed by atoms with Gasteiger partial charge in [0.1, 0.15) is 0 Å². The summed E-state index contributed by atoms with van der Waals surface area (Å²) < 4.78 is 38.3. The number of hydrogen-bond donors (Lipinski definition) is 0. The van der Waals surface area contributed by atoms with Crippen molar-refractivity contribution in [3.8, 4) is 0 Å². The first kappa shape index (κ1) is 15.5. The summed E-state index contributed by atoms with van der Waals surface area (Å²) >= 11 is 0. The van der Waals surface area contributed by atoms with Crippen LogP contribution < -0.4 is 0 Å². The molecule has 0 saturated heterocycles. The quantitative estimate of drug-likeness (QED) is 0.625. The number of aromatic nitrogens is 1. The zero-order valence-corrected chi connectivity index (χ0v) is 12.5. The van der Waals surface area contributed by atoms with Crippen LogP contribution in [0.4, 0.5) is 13.2 Å². The first-order valence-electron chi connectivity index (χ1n) is 7.53. The molecule has 23 heavy (non-hydrogen) atoms. The number of aryl methyl sites for hydroxylation is 2. The number of hydrogen-bond acceptors (Lipinski definition) is 1. The molecule has 4 heteroatoms. The number of pyridine rings is 1. The minimum absolute atomic E-state index is 0.400. The van der Waals surface area contributed by atoms with Crippen molar-refractivity contribution in [2.75, 3.05) is 0 Å². The van der Waals surface area contributed by atoms with E-state index in [0.717, 1.165) is 42.3 Å². The Bertz CT molecular complexity index is 795. The second-order valence-corrected chi connectivity index (χ2v) is 5.54. The van der Waals surface area contributed by atoms with Crippen LogP contribution in [0.25, 0.3) is 10.9 Å². The molecular formula is C19H16F3N. The predicted octanol–water partition coefficient (Wildman–Crippen LogP) is 5.43. The van der Waals surface area contributed by atoms with Crippen molar-refractivity contribution in [2.24, 2.45) is 0 Å². The van der Waals surface area contributed by atoms with Crippen molar-refractivity contribution in [2.45, 2.75) is 25.4 Å². The Morgan fingerprint density at radius 3 is 2.39 bits per heavy atom. The molecule has 3 rings (SSSR count). The van der Waals surface area contributed by atoms with Gasteiger partial charge in [-0.3, -0.25) is 4.98 Å². The second-order valence-electron chi connectivity index (χ2n) is 5.54. The van der Waals surface area contributed by atoms with Gasteiger partial charge in [0.15, 0.2) is 0 Å². The predicted molar refractivity (Wildman–Crippen MR) is 85.2 cm³/mol. The number of rotatable bonds is 4. The third-order valence-corrected chi connectivity index (χ3v) is 3.91. The summed E-state index contributed by atoms with van der Waals surface area (Å²) in [5, 5.41) is 0.800. The monoisotopic (exact) mass is 315 g/mol. The topological polar surface area (TPSA) is 12.9 Å². The second kappa shape index (κ2) is 6.41. The van der Waals surface area contributed by atoms with Gasteiger partial charge in [-0.25, -0.2) is 0 Å². The van der Waals surface area contributed by atoms with Crippen molar-refractivity contribution < 1.29 is 13.2 Å². The lowest BCUT2D eigenvalue weighted by atomic mass is 10.00. The average molecular weight is 315 g/mol. The summed E-state index contributed by atoms with van der Waals surface area (Å²) in [5.74, 6) is 0. The van der Waals surface area contributed by atoms with Gasteiger partial charge in [0.2, 0.25) is 0 Å². The zero-order chi connectivity index (χ0) is 16.3. The highest BCUT2D eigenvalue weighted by Crippen LogP contribution is 2.31. The highest BCUT2D eigenvalue weighted by Gasteiger charge is 2.30. The van der Waals surface area contributed by atoms with Crippen LogP contribution in [-0.2, 0) is 19.0 Å². The molecule has 1 nitrogen and oxygen atoms in total. The number of nitrogens with zero attached hydrogens (tertiary/aromatic N) is 1. The van der Waals surface area contributed by atoms with Gasteiger partial charge in [-0.2, -0.15) is 13.2 Å². The maximum atomic E-state index is 12.8. The third-order valence-electron chi connectivity index (χ3n) is 3.91. The summed E-state index contributed by atoms with van der Waals surface area (Å²) in [4.78, 5) is 4.08. The molecule has 0 aliphatic heterocycles. The Kier molecular flexibility index (Phi) is 4.33. The van der Waals surface area contributed by atoms with Gasteiger partial charge in [-0.1, -0.05) is 36.4 Å². The summed E-state index contributed by atoms with van der Waals surface area (Å²) in [6.07, 6.45) is -0.0335. The normalized spacial score (nSPS) is 11.8. The molecule has 3 aromatic rings. The van der Waals surface area contributed by atoms with E-state index >= 15 is 0 Å². The van der Waals surface area contributed by atoms with Crippen molar-refractivity contribution in [3.05, 3.63) is 77.5 Å². The van der Waals surface area contributed by atoms with Crippen LogP contribution in [0.2, 0.25) is 0 Å². The summed E-state index contributed by atoms with van der Waals surface area (Å²) in [7, 11) is 0. The van der Waals surface area contributed by atoms with E-state index in [1.54, 1.807) is 6.20 Å². The minimum atomic E-state index is -4.33. The van der Waals surface area contributed by atoms with Gasteiger partial charge in [0.25, 0.3) is 0 Å². The van der Waals surface area contributed by atoms with Crippen molar-refractivity contribution in [1.29, 1.82) is 0 Å². The Morgan fingerprint density at radius 2 is 1.65 bits per heavy atom. The van der Waals surface area contributed by atoms with E-state index in [1.807, 2.05) is 24.3 Å². The van der Waals surface area contributed by atoms with E-state index in [-0.39, 0.29) is 0 Å². The number of fused-ring (bicyclic) bond motifs is 1. The SMILES string of the molecule is FC(F)(F)c1ccc2c(CCCc3ccccc3)ccnc2c1. The van der Waals surface area contributed by atoms with E-state index in [0.29, 0.717) is 5.52 Å². The molecule has 118 valence electrons. The fraction of sp³-hybridized carbons (Fsp3) is 0.211. The van der Waals surface area contributed by atoms with E-state index in [1.165, 1.54) is 11.6 Å². The molecule has 0 aliphatic rings. The molecule has 0 saturated carbocycles. The number of benzene rings is 2. The van der Waals surface area contributed by atoms with Crippen LogP contribution in [0.15, 0.2) is 60.8 Å². The molecule has 0 fully saturated rings. The van der Waals surface area contributed by atoms with E-state index in [4.69, 9.17) is 0 Å². The standard InChI is InChI=1S/C19H16F3N/c20-19(21,22)16-9-10-17-15(11-12-23-18(17)13-16)8-4-7-14-5-2-1-3-6-14/h1-3,5-6,9-13H,4,7-8H2. The summed E-state index contributed by atoms with van der Waals surface area (Å²) in [6, 6.07) is 15.8. The smallest absolute Gasteiger partial charge is 0.256 e. The number of alkyl halides is 3. The van der Waals surface area contributed by atoms with E-state index < -0.39 is 11.7 Å². The molecule has 0 amide bonds. The Morgan fingerprint density at radius 1 is 0.870 bits per heavy atom. The molecular weight excluding hydrogens is 299 g/mol. The van der Waals surface area contributed by atoms with Gasteiger partial charge in [-0.15, -0.1) is 0 Å². The largest absolute Gasteiger partial charge is 0.416 e. The van der Waals surface area contributed by atoms with Crippen molar-refractivity contribution in [1.82, 2.24) is 4.98 Å². The molecule has 1 heterocycles. The van der Waals surface area contributed by atoms with Crippen LogP contribution in [0.1, 0.15) is 23.1 Å². The third kappa shape index (κ3) is 3.70. The fourth-order valence-electron chi connectivity index (χ4n) is 2.73. The van der Waals surface area contributed by atoms with E-state index in [9.17, 15) is 13.2 Å². The Hall–Kier alpha value is -2.36. The lowest BCUT2D eigenvalue weighted by Crippen LogP contribution is -2.04. The van der Waals surface area contributed by atoms with Crippen LogP contribution >= 0.6 is 0 Å². The first-order valence-corrected chi connectivity index (χ1v) is 7.53. The first-order chi connectivity index (χ1) is 11.0. The van der Waals surface area contributed by atoms with Gasteiger partial charge in [0, 0.05) is 11.6 Å². The minimum Gasteiger partial charge on any atom is -0.256 e. The van der Waals surface area contributed by atoms with Gasteiger partial charge in [0.05, 0.1) is 11.1 Å².